The summed E-state index contributed by atoms with van der Waals surface area (Å²) in [4.78, 5) is 15.5. The van der Waals surface area contributed by atoms with Crippen LogP contribution in [0, 0.1) is 0 Å². The zero-order chi connectivity index (χ0) is 24.4. The minimum atomic E-state index is -4.39. The van der Waals surface area contributed by atoms with Crippen LogP contribution in [0.15, 0.2) is 73.2 Å². The third-order valence-corrected chi connectivity index (χ3v) is 6.37. The molecule has 1 fully saturated rings. The van der Waals surface area contributed by atoms with Crippen molar-refractivity contribution in [1.29, 1.82) is 0 Å². The monoisotopic (exact) mass is 479 g/mol. The molecule has 0 aliphatic carbocycles. The Labute approximate surface area is 200 Å². The van der Waals surface area contributed by atoms with E-state index in [0.29, 0.717) is 29.8 Å². The summed E-state index contributed by atoms with van der Waals surface area (Å²) >= 11 is 0. The maximum Gasteiger partial charge on any atom is 0.416 e. The number of nitrogens with one attached hydrogen (secondary N) is 1. The van der Waals surface area contributed by atoms with Gasteiger partial charge < -0.3 is 4.90 Å². The molecule has 0 saturated carbocycles. The van der Waals surface area contributed by atoms with Crippen LogP contribution in [0.4, 0.5) is 13.2 Å². The molecule has 1 aliphatic rings. The first kappa shape index (κ1) is 22.9. The number of alkyl halides is 3. The van der Waals surface area contributed by atoms with E-state index >= 15 is 0 Å². The molecular formula is C26H24F3N5O. The molecule has 35 heavy (non-hydrogen) atoms. The minimum absolute atomic E-state index is 0.0787. The van der Waals surface area contributed by atoms with Gasteiger partial charge in [0, 0.05) is 30.1 Å². The number of aromatic amines is 1. The van der Waals surface area contributed by atoms with E-state index in [9.17, 15) is 18.0 Å². The molecular weight excluding hydrogens is 455 g/mol. The average Bonchev–Trinajstić information content (AvgIpc) is 3.56. The minimum Gasteiger partial charge on any atom is -0.330 e. The van der Waals surface area contributed by atoms with Gasteiger partial charge in [0.05, 0.1) is 30.0 Å². The van der Waals surface area contributed by atoms with Crippen LogP contribution < -0.4 is 0 Å². The second kappa shape index (κ2) is 9.40. The van der Waals surface area contributed by atoms with Gasteiger partial charge in [-0.05, 0) is 60.7 Å². The first-order valence-corrected chi connectivity index (χ1v) is 11.5. The molecule has 6 nitrogen and oxygen atoms in total. The molecule has 0 spiro atoms. The molecule has 0 unspecified atom stereocenters. The van der Waals surface area contributed by atoms with Crippen molar-refractivity contribution in [2.75, 3.05) is 6.54 Å². The van der Waals surface area contributed by atoms with E-state index in [-0.39, 0.29) is 11.9 Å². The Hall–Kier alpha value is -3.88. The second-order valence-corrected chi connectivity index (χ2v) is 8.69. The first-order valence-electron chi connectivity index (χ1n) is 11.5. The van der Waals surface area contributed by atoms with E-state index in [0.717, 1.165) is 42.7 Å². The average molecular weight is 480 g/mol. The molecule has 5 rings (SSSR count). The Bertz CT molecular complexity index is 1300. The molecule has 2 aromatic heterocycles. The van der Waals surface area contributed by atoms with Crippen molar-refractivity contribution in [3.8, 4) is 11.1 Å². The van der Waals surface area contributed by atoms with Crippen molar-refractivity contribution in [2.24, 2.45) is 0 Å². The third-order valence-electron chi connectivity index (χ3n) is 6.37. The van der Waals surface area contributed by atoms with E-state index in [1.165, 1.54) is 12.1 Å². The van der Waals surface area contributed by atoms with Crippen LogP contribution in [0.2, 0.25) is 0 Å². The molecule has 2 aromatic carbocycles. The van der Waals surface area contributed by atoms with Gasteiger partial charge in [0.1, 0.15) is 0 Å². The number of halogens is 3. The number of carbonyl (C=O) groups is 1. The lowest BCUT2D eigenvalue weighted by molar-refractivity contribution is -0.137. The number of nitrogens with zero attached hydrogens (tertiary/aromatic N) is 4. The summed E-state index contributed by atoms with van der Waals surface area (Å²) in [7, 11) is 0. The normalized spacial score (nSPS) is 16.4. The summed E-state index contributed by atoms with van der Waals surface area (Å²) in [5.41, 5.74) is 2.94. The zero-order valence-electron chi connectivity index (χ0n) is 18.9. The van der Waals surface area contributed by atoms with Gasteiger partial charge in [-0.2, -0.15) is 23.4 Å². The Morgan fingerprint density at radius 2 is 1.91 bits per heavy atom. The van der Waals surface area contributed by atoms with E-state index in [4.69, 9.17) is 0 Å². The number of carbonyl (C=O) groups excluding carboxylic acids is 1. The summed E-state index contributed by atoms with van der Waals surface area (Å²) < 4.78 is 40.8. The SMILES string of the molecule is O=C(c1cccc(Cn2cccn2)c1)N1CCCC[C@@H]1c1[nH]ncc1-c1ccc(C(F)(F)F)cc1. The molecule has 0 bridgehead atoms. The summed E-state index contributed by atoms with van der Waals surface area (Å²) in [5.74, 6) is -0.0787. The van der Waals surface area contributed by atoms with Crippen LogP contribution in [-0.2, 0) is 12.7 Å². The van der Waals surface area contributed by atoms with Gasteiger partial charge in [0.15, 0.2) is 0 Å². The van der Waals surface area contributed by atoms with Crippen molar-refractivity contribution in [3.63, 3.8) is 0 Å². The molecule has 1 aliphatic heterocycles. The van der Waals surface area contributed by atoms with Crippen molar-refractivity contribution in [3.05, 3.63) is 95.6 Å². The van der Waals surface area contributed by atoms with Crippen LogP contribution in [0.1, 0.15) is 52.5 Å². The molecule has 1 saturated heterocycles. The highest BCUT2D eigenvalue weighted by atomic mass is 19.4. The number of hydrogen-bond donors (Lipinski definition) is 1. The fourth-order valence-corrected chi connectivity index (χ4v) is 4.64. The van der Waals surface area contributed by atoms with E-state index in [2.05, 4.69) is 15.3 Å². The van der Waals surface area contributed by atoms with Crippen LogP contribution in [-0.4, -0.2) is 37.3 Å². The summed E-state index contributed by atoms with van der Waals surface area (Å²) in [6, 6.07) is 14.2. The molecule has 1 amide bonds. The fraction of sp³-hybridized carbons (Fsp3) is 0.269. The summed E-state index contributed by atoms with van der Waals surface area (Å²) in [6.07, 6.45) is 3.38. The van der Waals surface area contributed by atoms with Gasteiger partial charge in [0.25, 0.3) is 5.91 Å². The third kappa shape index (κ3) is 4.84. The quantitative estimate of drug-likeness (QED) is 0.399. The van der Waals surface area contributed by atoms with Gasteiger partial charge in [-0.3, -0.25) is 14.6 Å². The number of amides is 1. The zero-order valence-corrected chi connectivity index (χ0v) is 18.9. The van der Waals surface area contributed by atoms with Crippen molar-refractivity contribution < 1.29 is 18.0 Å². The number of likely N-dealkylation sites (tertiary alicyclic amines) is 1. The molecule has 4 aromatic rings. The van der Waals surface area contributed by atoms with Crippen LogP contribution in [0.5, 0.6) is 0 Å². The van der Waals surface area contributed by atoms with Crippen molar-refractivity contribution in [1.82, 2.24) is 24.9 Å². The van der Waals surface area contributed by atoms with Gasteiger partial charge in [-0.1, -0.05) is 24.3 Å². The number of piperidine rings is 1. The molecule has 9 heteroatoms. The van der Waals surface area contributed by atoms with E-state index < -0.39 is 11.7 Å². The lowest BCUT2D eigenvalue weighted by Crippen LogP contribution is -2.39. The molecule has 1 atom stereocenters. The number of hydrogen-bond acceptors (Lipinski definition) is 3. The van der Waals surface area contributed by atoms with E-state index in [1.807, 2.05) is 41.4 Å². The molecule has 0 radical (unpaired) electrons. The lowest BCUT2D eigenvalue weighted by atomic mass is 9.93. The van der Waals surface area contributed by atoms with Crippen LogP contribution in [0.25, 0.3) is 11.1 Å². The Kier molecular flexibility index (Phi) is 6.15. The number of H-pyrrole nitrogens is 1. The number of aromatic nitrogens is 4. The van der Waals surface area contributed by atoms with Crippen molar-refractivity contribution in [2.45, 2.75) is 38.0 Å². The standard InChI is InChI=1S/C26H24F3N5O/c27-26(28,29)21-10-8-19(9-11-21)22-16-30-32-24(22)23-7-1-2-14-34(23)25(35)20-6-3-5-18(15-20)17-33-13-4-12-31-33/h3-6,8-13,15-16,23H,1-2,7,14,17H2,(H,30,32)/t23-/m1/s1. The lowest BCUT2D eigenvalue weighted by Gasteiger charge is -2.36. The highest BCUT2D eigenvalue weighted by Crippen LogP contribution is 2.37. The Morgan fingerprint density at radius 3 is 2.66 bits per heavy atom. The van der Waals surface area contributed by atoms with E-state index in [1.54, 1.807) is 17.1 Å². The maximum absolute atomic E-state index is 13.6. The summed E-state index contributed by atoms with van der Waals surface area (Å²) in [5, 5.41) is 11.4. The molecule has 1 N–H and O–H groups in total. The van der Waals surface area contributed by atoms with Crippen LogP contribution in [0.3, 0.4) is 0 Å². The molecule has 3 heterocycles. The highest BCUT2D eigenvalue weighted by Gasteiger charge is 2.33. The van der Waals surface area contributed by atoms with Gasteiger partial charge in [-0.15, -0.1) is 0 Å². The first-order chi connectivity index (χ1) is 16.9. The Morgan fingerprint density at radius 1 is 1.09 bits per heavy atom. The maximum atomic E-state index is 13.6. The topological polar surface area (TPSA) is 66.8 Å². The predicted octanol–water partition coefficient (Wildman–Crippen LogP) is 5.71. The largest absolute Gasteiger partial charge is 0.416 e. The fourth-order valence-electron chi connectivity index (χ4n) is 4.64. The molecule has 180 valence electrons. The Balaban J connectivity index is 1.41. The highest BCUT2D eigenvalue weighted by molar-refractivity contribution is 5.95. The van der Waals surface area contributed by atoms with Crippen LogP contribution >= 0.6 is 0 Å². The van der Waals surface area contributed by atoms with Gasteiger partial charge >= 0.3 is 6.18 Å². The number of rotatable bonds is 5. The summed E-state index contributed by atoms with van der Waals surface area (Å²) in [6.45, 7) is 1.16. The van der Waals surface area contributed by atoms with Gasteiger partial charge in [-0.25, -0.2) is 0 Å². The van der Waals surface area contributed by atoms with Gasteiger partial charge in [0.2, 0.25) is 0 Å². The van der Waals surface area contributed by atoms with Crippen molar-refractivity contribution >= 4 is 5.91 Å². The predicted molar refractivity (Wildman–Crippen MR) is 124 cm³/mol. The smallest absolute Gasteiger partial charge is 0.330 e. The second-order valence-electron chi connectivity index (χ2n) is 8.69. The number of benzene rings is 2.